The van der Waals surface area contributed by atoms with Crippen LogP contribution in [-0.2, 0) is 9.53 Å². The first-order valence-corrected chi connectivity index (χ1v) is 9.21. The normalized spacial score (nSPS) is 14.8. The van der Waals surface area contributed by atoms with Gasteiger partial charge in [0.25, 0.3) is 0 Å². The molecule has 2 aromatic carbocycles. The Morgan fingerprint density at radius 3 is 2.41 bits per heavy atom. The first-order chi connectivity index (χ1) is 13.9. The van der Waals surface area contributed by atoms with Gasteiger partial charge in [-0.25, -0.2) is 9.59 Å². The van der Waals surface area contributed by atoms with Gasteiger partial charge in [0.05, 0.1) is 16.2 Å². The molecule has 0 unspecified atom stereocenters. The molecular formula is C22H12Cl2O5. The fourth-order valence-electron chi connectivity index (χ4n) is 2.83. The Kier molecular flexibility index (Phi) is 5.01. The lowest BCUT2D eigenvalue weighted by molar-refractivity contribution is -0.130. The summed E-state index contributed by atoms with van der Waals surface area (Å²) in [5.74, 6) is -0.322. The molecule has 0 radical (unpaired) electrons. The van der Waals surface area contributed by atoms with E-state index in [1.165, 1.54) is 12.1 Å². The molecule has 4 rings (SSSR count). The van der Waals surface area contributed by atoms with Crippen molar-refractivity contribution in [1.82, 2.24) is 0 Å². The number of aromatic carboxylic acids is 1. The second-order valence-electron chi connectivity index (χ2n) is 6.21. The molecule has 2 heterocycles. The quantitative estimate of drug-likeness (QED) is 0.412. The number of benzene rings is 2. The first-order valence-electron chi connectivity index (χ1n) is 8.45. The van der Waals surface area contributed by atoms with Crippen LogP contribution in [0.1, 0.15) is 21.7 Å². The molecule has 1 N–H and O–H groups in total. The maximum absolute atomic E-state index is 12.2. The van der Waals surface area contributed by atoms with E-state index in [-0.39, 0.29) is 10.6 Å². The highest BCUT2D eigenvalue weighted by Crippen LogP contribution is 2.31. The van der Waals surface area contributed by atoms with Crippen LogP contribution in [0.2, 0.25) is 10.0 Å². The number of esters is 1. The molecule has 1 aromatic heterocycles. The zero-order valence-corrected chi connectivity index (χ0v) is 16.2. The predicted molar refractivity (Wildman–Crippen MR) is 110 cm³/mol. The van der Waals surface area contributed by atoms with Crippen LogP contribution in [0.15, 0.2) is 70.7 Å². The predicted octanol–water partition coefficient (Wildman–Crippen LogP) is 5.93. The largest absolute Gasteiger partial charge is 0.478 e. The lowest BCUT2D eigenvalue weighted by Crippen LogP contribution is -1.97. The minimum absolute atomic E-state index is 0.0182. The van der Waals surface area contributed by atoms with E-state index in [2.05, 4.69) is 0 Å². The molecule has 0 atom stereocenters. The number of hydrogen-bond donors (Lipinski definition) is 1. The topological polar surface area (TPSA) is 76.7 Å². The first kappa shape index (κ1) is 19.1. The second-order valence-corrected chi connectivity index (χ2v) is 7.05. The summed E-state index contributed by atoms with van der Waals surface area (Å²) >= 11 is 11.8. The average molecular weight is 427 g/mol. The number of carbonyl (C=O) groups excluding carboxylic acids is 1. The van der Waals surface area contributed by atoms with Crippen molar-refractivity contribution in [2.45, 2.75) is 0 Å². The van der Waals surface area contributed by atoms with Crippen molar-refractivity contribution in [3.05, 3.63) is 93.2 Å². The molecule has 0 aliphatic carbocycles. The Bertz CT molecular complexity index is 1190. The Morgan fingerprint density at radius 1 is 0.966 bits per heavy atom. The zero-order chi connectivity index (χ0) is 20.5. The van der Waals surface area contributed by atoms with Crippen molar-refractivity contribution in [2.24, 2.45) is 0 Å². The molecule has 1 aliphatic rings. The van der Waals surface area contributed by atoms with Crippen LogP contribution in [0.25, 0.3) is 23.2 Å². The minimum atomic E-state index is -1.13. The van der Waals surface area contributed by atoms with Gasteiger partial charge in [-0.15, -0.1) is 0 Å². The van der Waals surface area contributed by atoms with Crippen LogP contribution in [-0.4, -0.2) is 17.0 Å². The van der Waals surface area contributed by atoms with Crippen molar-refractivity contribution in [3.8, 4) is 11.3 Å². The molecule has 0 spiro atoms. The Hall–Kier alpha value is -3.28. The summed E-state index contributed by atoms with van der Waals surface area (Å²) in [4.78, 5) is 23.4. The number of carboxylic acid groups (broad SMARTS) is 1. The van der Waals surface area contributed by atoms with E-state index in [1.807, 2.05) is 0 Å². The molecule has 144 valence electrons. The molecule has 0 amide bonds. The lowest BCUT2D eigenvalue weighted by Gasteiger charge is -2.02. The van der Waals surface area contributed by atoms with Gasteiger partial charge in [0.15, 0.2) is 0 Å². The van der Waals surface area contributed by atoms with Crippen LogP contribution in [0.4, 0.5) is 0 Å². The molecular weight excluding hydrogens is 415 g/mol. The fraction of sp³-hybridized carbons (Fsp3) is 0. The third kappa shape index (κ3) is 3.97. The van der Waals surface area contributed by atoms with Crippen molar-refractivity contribution in [3.63, 3.8) is 0 Å². The van der Waals surface area contributed by atoms with Gasteiger partial charge < -0.3 is 14.3 Å². The number of furan rings is 1. The SMILES string of the molecule is O=C1OC(c2ccc(Cl)cc2)=C/C1=C/c1ccc(-c2ccc(Cl)c(C(=O)O)c2)o1. The Labute approximate surface area is 175 Å². The third-order valence-corrected chi connectivity index (χ3v) is 4.84. The summed E-state index contributed by atoms with van der Waals surface area (Å²) < 4.78 is 11.1. The maximum atomic E-state index is 12.2. The third-order valence-electron chi connectivity index (χ3n) is 4.26. The highest BCUT2D eigenvalue weighted by molar-refractivity contribution is 6.33. The van der Waals surface area contributed by atoms with Gasteiger partial charge in [0.2, 0.25) is 0 Å². The second kappa shape index (κ2) is 7.62. The van der Waals surface area contributed by atoms with E-state index in [4.69, 9.17) is 32.4 Å². The van der Waals surface area contributed by atoms with E-state index in [0.29, 0.717) is 33.4 Å². The molecule has 0 bridgehead atoms. The molecule has 0 saturated carbocycles. The fourth-order valence-corrected chi connectivity index (χ4v) is 3.15. The standard InChI is InChI=1S/C22H12Cl2O5/c23-15-4-1-12(2-5-15)20-11-14(22(27)29-20)9-16-6-8-19(28-16)13-3-7-18(24)17(10-13)21(25)26/h1-11H,(H,25,26)/b14-9-. The molecule has 0 fully saturated rings. The number of carbonyl (C=O) groups is 2. The zero-order valence-electron chi connectivity index (χ0n) is 14.7. The summed E-state index contributed by atoms with van der Waals surface area (Å²) in [6.07, 6.45) is 3.18. The maximum Gasteiger partial charge on any atom is 0.343 e. The molecule has 29 heavy (non-hydrogen) atoms. The number of carboxylic acids is 1. The smallest absolute Gasteiger partial charge is 0.343 e. The number of cyclic esters (lactones) is 1. The van der Waals surface area contributed by atoms with Gasteiger partial charge in [0, 0.05) is 16.1 Å². The van der Waals surface area contributed by atoms with Gasteiger partial charge in [0.1, 0.15) is 17.3 Å². The number of ether oxygens (including phenoxy) is 1. The van der Waals surface area contributed by atoms with Crippen molar-refractivity contribution in [1.29, 1.82) is 0 Å². The summed E-state index contributed by atoms with van der Waals surface area (Å²) in [6.45, 7) is 0. The molecule has 5 nitrogen and oxygen atoms in total. The Morgan fingerprint density at radius 2 is 1.69 bits per heavy atom. The van der Waals surface area contributed by atoms with E-state index < -0.39 is 11.9 Å². The van der Waals surface area contributed by atoms with Gasteiger partial charge in [-0.2, -0.15) is 0 Å². The van der Waals surface area contributed by atoms with Crippen molar-refractivity contribution < 1.29 is 23.8 Å². The van der Waals surface area contributed by atoms with E-state index in [1.54, 1.807) is 54.6 Å². The van der Waals surface area contributed by atoms with E-state index in [9.17, 15) is 14.7 Å². The van der Waals surface area contributed by atoms with Crippen LogP contribution >= 0.6 is 23.2 Å². The average Bonchev–Trinajstić information content (AvgIpc) is 3.30. The summed E-state index contributed by atoms with van der Waals surface area (Å²) in [7, 11) is 0. The number of hydrogen-bond acceptors (Lipinski definition) is 4. The molecule has 7 heteroatoms. The Balaban J connectivity index is 1.62. The minimum Gasteiger partial charge on any atom is -0.478 e. The number of halogens is 2. The van der Waals surface area contributed by atoms with Gasteiger partial charge in [-0.3, -0.25) is 0 Å². The van der Waals surface area contributed by atoms with Crippen LogP contribution in [0.3, 0.4) is 0 Å². The highest BCUT2D eigenvalue weighted by atomic mass is 35.5. The highest BCUT2D eigenvalue weighted by Gasteiger charge is 2.22. The van der Waals surface area contributed by atoms with Gasteiger partial charge in [-0.05, 0) is 66.7 Å². The monoisotopic (exact) mass is 426 g/mol. The van der Waals surface area contributed by atoms with Crippen LogP contribution in [0.5, 0.6) is 0 Å². The summed E-state index contributed by atoms with van der Waals surface area (Å²) in [5, 5.41) is 9.94. The van der Waals surface area contributed by atoms with Gasteiger partial charge >= 0.3 is 11.9 Å². The number of rotatable bonds is 4. The molecule has 1 aliphatic heterocycles. The lowest BCUT2D eigenvalue weighted by atomic mass is 10.1. The molecule has 3 aromatic rings. The van der Waals surface area contributed by atoms with Crippen LogP contribution in [0, 0.1) is 0 Å². The van der Waals surface area contributed by atoms with Crippen LogP contribution < -0.4 is 0 Å². The van der Waals surface area contributed by atoms with Gasteiger partial charge in [-0.1, -0.05) is 23.2 Å². The summed E-state index contributed by atoms with van der Waals surface area (Å²) in [5.41, 5.74) is 1.60. The summed E-state index contributed by atoms with van der Waals surface area (Å²) in [6, 6.07) is 14.9. The van der Waals surface area contributed by atoms with E-state index in [0.717, 1.165) is 5.56 Å². The molecule has 0 saturated heterocycles. The van der Waals surface area contributed by atoms with E-state index >= 15 is 0 Å². The van der Waals surface area contributed by atoms with Crippen molar-refractivity contribution >= 4 is 47.0 Å². The van der Waals surface area contributed by atoms with Crippen molar-refractivity contribution in [2.75, 3.05) is 0 Å².